The molecule has 1 nitrogen and oxygen atoms in total. The molecule has 0 spiro atoms. The molecule has 68 valence electrons. The van der Waals surface area contributed by atoms with E-state index in [1.54, 1.807) is 0 Å². The van der Waals surface area contributed by atoms with Crippen LogP contribution in [0, 0.1) is 0 Å². The van der Waals surface area contributed by atoms with E-state index in [1.165, 1.54) is 25.7 Å². The fraction of sp³-hybridized carbons (Fsp3) is 0.889. The lowest BCUT2D eigenvalue weighted by molar-refractivity contribution is -0.119. The number of hydrogen-bond donors (Lipinski definition) is 0. The Morgan fingerprint density at radius 2 is 1.33 bits per heavy atom. The summed E-state index contributed by atoms with van der Waals surface area (Å²) >= 11 is 7.16. The van der Waals surface area contributed by atoms with Crippen LogP contribution in [0.4, 0.5) is 0 Å². The highest BCUT2D eigenvalue weighted by atomic mass is 79.9. The topological polar surface area (TPSA) is 17.1 Å². The fourth-order valence-corrected chi connectivity index (χ4v) is 2.42. The SMILES string of the molecule is O=C(CC1(Br)CC1)CC1(Br)CC1. The van der Waals surface area contributed by atoms with Crippen LogP contribution < -0.4 is 0 Å². The van der Waals surface area contributed by atoms with Crippen molar-refractivity contribution in [3.05, 3.63) is 0 Å². The van der Waals surface area contributed by atoms with E-state index in [9.17, 15) is 4.79 Å². The highest BCUT2D eigenvalue weighted by Gasteiger charge is 2.45. The Balaban J connectivity index is 1.77. The highest BCUT2D eigenvalue weighted by Crippen LogP contribution is 2.51. The number of alkyl halides is 2. The summed E-state index contributed by atoms with van der Waals surface area (Å²) in [4.78, 5) is 11.5. The van der Waals surface area contributed by atoms with Gasteiger partial charge in [-0.25, -0.2) is 0 Å². The Morgan fingerprint density at radius 3 is 1.58 bits per heavy atom. The van der Waals surface area contributed by atoms with Gasteiger partial charge in [0.2, 0.25) is 0 Å². The van der Waals surface area contributed by atoms with E-state index < -0.39 is 0 Å². The molecule has 0 atom stereocenters. The van der Waals surface area contributed by atoms with Gasteiger partial charge in [0.25, 0.3) is 0 Å². The summed E-state index contributed by atoms with van der Waals surface area (Å²) in [5.74, 6) is 0.416. The predicted molar refractivity (Wildman–Crippen MR) is 56.0 cm³/mol. The van der Waals surface area contributed by atoms with Crippen LogP contribution in [0.25, 0.3) is 0 Å². The minimum absolute atomic E-state index is 0.211. The lowest BCUT2D eigenvalue weighted by Crippen LogP contribution is -2.13. The molecule has 0 aromatic heterocycles. The third-order valence-electron chi connectivity index (χ3n) is 2.61. The molecular weight excluding hydrogens is 284 g/mol. The second-order valence-corrected chi connectivity index (χ2v) is 7.56. The van der Waals surface area contributed by atoms with Crippen LogP contribution in [-0.4, -0.2) is 14.4 Å². The average molecular weight is 296 g/mol. The van der Waals surface area contributed by atoms with Gasteiger partial charge < -0.3 is 0 Å². The molecule has 0 radical (unpaired) electrons. The molecule has 0 heterocycles. The van der Waals surface area contributed by atoms with E-state index >= 15 is 0 Å². The number of ketones is 1. The van der Waals surface area contributed by atoms with Crippen LogP contribution in [0.3, 0.4) is 0 Å². The smallest absolute Gasteiger partial charge is 0.135 e. The van der Waals surface area contributed by atoms with Gasteiger partial charge in [0.1, 0.15) is 5.78 Å². The molecule has 12 heavy (non-hydrogen) atoms. The molecule has 0 aromatic rings. The first-order valence-corrected chi connectivity index (χ1v) is 6.00. The number of carbonyl (C=O) groups excluding carboxylic acids is 1. The van der Waals surface area contributed by atoms with Crippen LogP contribution in [-0.2, 0) is 4.79 Å². The van der Waals surface area contributed by atoms with Crippen molar-refractivity contribution < 1.29 is 4.79 Å². The molecule has 0 bridgehead atoms. The number of halogens is 2. The molecule has 0 amide bonds. The van der Waals surface area contributed by atoms with Gasteiger partial charge in [-0.1, -0.05) is 31.9 Å². The predicted octanol–water partition coefficient (Wildman–Crippen LogP) is 3.19. The van der Waals surface area contributed by atoms with Gasteiger partial charge in [0.15, 0.2) is 0 Å². The zero-order valence-corrected chi connectivity index (χ0v) is 10.1. The molecule has 2 rings (SSSR count). The van der Waals surface area contributed by atoms with Gasteiger partial charge in [-0.3, -0.25) is 4.79 Å². The average Bonchev–Trinajstić information content (AvgIpc) is 2.76. The van der Waals surface area contributed by atoms with Crippen LogP contribution >= 0.6 is 31.9 Å². The van der Waals surface area contributed by atoms with Crippen molar-refractivity contribution in [3.63, 3.8) is 0 Å². The van der Waals surface area contributed by atoms with Crippen molar-refractivity contribution in [3.8, 4) is 0 Å². The van der Waals surface area contributed by atoms with E-state index in [4.69, 9.17) is 0 Å². The summed E-state index contributed by atoms with van der Waals surface area (Å²) in [6.07, 6.45) is 6.17. The monoisotopic (exact) mass is 294 g/mol. The second kappa shape index (κ2) is 2.81. The summed E-state index contributed by atoms with van der Waals surface area (Å²) < 4.78 is 0.421. The zero-order chi connectivity index (χ0) is 8.82. The molecular formula is C9H12Br2O. The molecule has 2 fully saturated rings. The van der Waals surface area contributed by atoms with Gasteiger partial charge in [-0.2, -0.15) is 0 Å². The Labute approximate surface area is 89.5 Å². The maximum atomic E-state index is 11.5. The van der Waals surface area contributed by atoms with Crippen molar-refractivity contribution in [1.29, 1.82) is 0 Å². The van der Waals surface area contributed by atoms with E-state index in [-0.39, 0.29) is 8.65 Å². The Kier molecular flexibility index (Phi) is 2.15. The van der Waals surface area contributed by atoms with Crippen molar-refractivity contribution in [2.75, 3.05) is 0 Å². The first kappa shape index (κ1) is 9.20. The molecule has 0 unspecified atom stereocenters. The van der Waals surface area contributed by atoms with Crippen LogP contribution in [0.5, 0.6) is 0 Å². The largest absolute Gasteiger partial charge is 0.300 e. The molecule has 0 aliphatic heterocycles. The van der Waals surface area contributed by atoms with Gasteiger partial charge in [-0.05, 0) is 25.7 Å². The van der Waals surface area contributed by atoms with E-state index in [2.05, 4.69) is 31.9 Å². The molecule has 0 N–H and O–H groups in total. The van der Waals surface area contributed by atoms with Crippen LogP contribution in [0.2, 0.25) is 0 Å². The molecule has 2 saturated carbocycles. The summed E-state index contributed by atoms with van der Waals surface area (Å²) in [6, 6.07) is 0. The lowest BCUT2D eigenvalue weighted by atomic mass is 10.1. The van der Waals surface area contributed by atoms with Crippen molar-refractivity contribution >= 4 is 37.6 Å². The van der Waals surface area contributed by atoms with Gasteiger partial charge in [0.05, 0.1) is 0 Å². The summed E-state index contributed by atoms with van der Waals surface area (Å²) in [7, 11) is 0. The number of hydrogen-bond acceptors (Lipinski definition) is 1. The number of Topliss-reactive ketones (excluding diaryl/α,β-unsaturated/α-hetero) is 1. The Hall–Kier alpha value is 0.630. The summed E-state index contributed by atoms with van der Waals surface area (Å²) in [5, 5.41) is 0. The molecule has 3 heteroatoms. The Morgan fingerprint density at radius 1 is 1.00 bits per heavy atom. The van der Waals surface area contributed by atoms with Gasteiger partial charge in [0, 0.05) is 21.5 Å². The van der Waals surface area contributed by atoms with E-state index in [0.29, 0.717) is 5.78 Å². The third kappa shape index (κ3) is 2.32. The Bertz CT molecular complexity index is 195. The van der Waals surface area contributed by atoms with Crippen LogP contribution in [0.15, 0.2) is 0 Å². The first-order chi connectivity index (χ1) is 5.52. The maximum absolute atomic E-state index is 11.5. The van der Waals surface area contributed by atoms with Gasteiger partial charge >= 0.3 is 0 Å². The molecule has 0 aromatic carbocycles. The van der Waals surface area contributed by atoms with E-state index in [1.807, 2.05) is 0 Å². The van der Waals surface area contributed by atoms with E-state index in [0.717, 1.165) is 12.8 Å². The zero-order valence-electron chi connectivity index (χ0n) is 6.91. The standard InChI is InChI=1S/C9H12Br2O/c10-8(1-2-8)5-7(12)6-9(11)3-4-9/h1-6H2. The summed E-state index contributed by atoms with van der Waals surface area (Å²) in [5.41, 5.74) is 0. The third-order valence-corrected chi connectivity index (χ3v) is 4.76. The normalized spacial score (nSPS) is 28.2. The van der Waals surface area contributed by atoms with Crippen LogP contribution in [0.1, 0.15) is 38.5 Å². The van der Waals surface area contributed by atoms with Crippen molar-refractivity contribution in [2.24, 2.45) is 0 Å². The fourth-order valence-electron chi connectivity index (χ4n) is 1.39. The lowest BCUT2D eigenvalue weighted by Gasteiger charge is -2.07. The summed E-state index contributed by atoms with van der Waals surface area (Å²) in [6.45, 7) is 0. The number of rotatable bonds is 4. The number of carbonyl (C=O) groups is 1. The minimum atomic E-state index is 0.211. The second-order valence-electron chi connectivity index (χ2n) is 4.19. The first-order valence-electron chi connectivity index (χ1n) is 4.41. The molecule has 2 aliphatic rings. The highest BCUT2D eigenvalue weighted by molar-refractivity contribution is 9.10. The van der Waals surface area contributed by atoms with Gasteiger partial charge in [-0.15, -0.1) is 0 Å². The molecule has 2 aliphatic carbocycles. The quantitative estimate of drug-likeness (QED) is 0.728. The minimum Gasteiger partial charge on any atom is -0.300 e. The maximum Gasteiger partial charge on any atom is 0.135 e. The van der Waals surface area contributed by atoms with Crippen molar-refractivity contribution in [2.45, 2.75) is 47.2 Å². The van der Waals surface area contributed by atoms with Crippen molar-refractivity contribution in [1.82, 2.24) is 0 Å². The molecule has 0 saturated heterocycles.